The Morgan fingerprint density at radius 3 is 0.838 bits per heavy atom. The highest BCUT2D eigenvalue weighted by Crippen LogP contribution is 2.17. The molecule has 0 saturated carbocycles. The Morgan fingerprint density at radius 2 is 0.514 bits per heavy atom. The quantitative estimate of drug-likeness (QED) is 0.0261. The van der Waals surface area contributed by atoms with E-state index in [4.69, 9.17) is 14.2 Å². The maximum Gasteiger partial charge on any atom is 0.306 e. The second kappa shape index (κ2) is 62.6. The number of rotatable bonds is 59. The van der Waals surface area contributed by atoms with Gasteiger partial charge in [0.15, 0.2) is 6.10 Å². The Bertz CT molecular complexity index is 1330. The molecule has 0 aromatic rings. The molecule has 0 aliphatic rings. The second-order valence-electron chi connectivity index (χ2n) is 21.7. The predicted octanol–water partition coefficient (Wildman–Crippen LogP) is 21.9. The number of esters is 3. The van der Waals surface area contributed by atoms with Crippen LogP contribution in [0.3, 0.4) is 0 Å². The SMILES string of the molecule is CCC/C=C\CCCCCCCC(=O)OCC(COC(=O)CCCCCCCCCCCCCCCCC/C=C\C/C=C\CCCCCCC)OC(=O)CCCCCCCCCCC/C=C\C/C=C\CCCCC. The first-order chi connectivity index (χ1) is 36.5. The van der Waals surface area contributed by atoms with Crippen LogP contribution < -0.4 is 0 Å². The van der Waals surface area contributed by atoms with E-state index in [1.54, 1.807) is 0 Å². The van der Waals surface area contributed by atoms with Gasteiger partial charge in [0.05, 0.1) is 0 Å². The fraction of sp³-hybridized carbons (Fsp3) is 0.809. The molecule has 430 valence electrons. The summed E-state index contributed by atoms with van der Waals surface area (Å²) < 4.78 is 16.9. The van der Waals surface area contributed by atoms with Crippen LogP contribution in [0, 0.1) is 0 Å². The fourth-order valence-corrected chi connectivity index (χ4v) is 9.33. The summed E-state index contributed by atoms with van der Waals surface area (Å²) in [5, 5.41) is 0. The smallest absolute Gasteiger partial charge is 0.306 e. The van der Waals surface area contributed by atoms with E-state index in [2.05, 4.69) is 81.5 Å². The van der Waals surface area contributed by atoms with Crippen molar-refractivity contribution < 1.29 is 28.6 Å². The number of carbonyl (C=O) groups is 3. The summed E-state index contributed by atoms with van der Waals surface area (Å²) in [4.78, 5) is 38.2. The Labute approximate surface area is 460 Å². The van der Waals surface area contributed by atoms with Crippen molar-refractivity contribution in [2.75, 3.05) is 13.2 Å². The van der Waals surface area contributed by atoms with E-state index in [1.807, 2.05) is 0 Å². The first-order valence-corrected chi connectivity index (χ1v) is 32.3. The third kappa shape index (κ3) is 60.0. The summed E-state index contributed by atoms with van der Waals surface area (Å²) >= 11 is 0. The molecule has 0 bridgehead atoms. The summed E-state index contributed by atoms with van der Waals surface area (Å²) in [6, 6.07) is 0. The normalized spacial score (nSPS) is 12.4. The van der Waals surface area contributed by atoms with Gasteiger partial charge in [-0.25, -0.2) is 0 Å². The molecule has 0 heterocycles. The topological polar surface area (TPSA) is 78.9 Å². The molecule has 0 aliphatic heterocycles. The van der Waals surface area contributed by atoms with Crippen LogP contribution in [-0.2, 0) is 28.6 Å². The van der Waals surface area contributed by atoms with Gasteiger partial charge >= 0.3 is 17.9 Å². The van der Waals surface area contributed by atoms with Gasteiger partial charge in [-0.05, 0) is 103 Å². The molecule has 0 aliphatic carbocycles. The van der Waals surface area contributed by atoms with E-state index >= 15 is 0 Å². The molecule has 1 atom stereocenters. The number of hydrogen-bond acceptors (Lipinski definition) is 6. The van der Waals surface area contributed by atoms with Crippen LogP contribution in [0.2, 0.25) is 0 Å². The minimum absolute atomic E-state index is 0.0764. The molecule has 0 spiro atoms. The molecule has 1 unspecified atom stereocenters. The minimum Gasteiger partial charge on any atom is -0.462 e. The molecule has 0 rings (SSSR count). The van der Waals surface area contributed by atoms with Gasteiger partial charge in [-0.1, -0.05) is 274 Å². The van der Waals surface area contributed by atoms with Crippen molar-refractivity contribution in [1.82, 2.24) is 0 Å². The van der Waals surface area contributed by atoms with E-state index in [9.17, 15) is 14.4 Å². The molecular weight excluding hydrogens is 913 g/mol. The molecule has 0 saturated heterocycles. The lowest BCUT2D eigenvalue weighted by Crippen LogP contribution is -2.30. The predicted molar refractivity (Wildman–Crippen MR) is 321 cm³/mol. The molecule has 0 aromatic heterocycles. The van der Waals surface area contributed by atoms with Crippen molar-refractivity contribution in [3.8, 4) is 0 Å². The van der Waals surface area contributed by atoms with Gasteiger partial charge in [-0.3, -0.25) is 14.4 Å². The second-order valence-corrected chi connectivity index (χ2v) is 21.7. The molecule has 0 N–H and O–H groups in total. The van der Waals surface area contributed by atoms with Gasteiger partial charge < -0.3 is 14.2 Å². The van der Waals surface area contributed by atoms with E-state index in [1.165, 1.54) is 212 Å². The Balaban J connectivity index is 4.19. The number of allylic oxidation sites excluding steroid dienone is 10. The molecule has 0 amide bonds. The number of carbonyl (C=O) groups excluding carboxylic acids is 3. The van der Waals surface area contributed by atoms with Gasteiger partial charge in [0.1, 0.15) is 13.2 Å². The Hall–Kier alpha value is -2.89. The zero-order valence-electron chi connectivity index (χ0n) is 49.4. The van der Waals surface area contributed by atoms with Crippen LogP contribution in [0.25, 0.3) is 0 Å². The van der Waals surface area contributed by atoms with Crippen LogP contribution in [0.1, 0.15) is 335 Å². The number of unbranched alkanes of at least 4 members (excludes halogenated alkanes) is 38. The third-order valence-corrected chi connectivity index (χ3v) is 14.2. The van der Waals surface area contributed by atoms with Crippen LogP contribution in [-0.4, -0.2) is 37.2 Å². The highest BCUT2D eigenvalue weighted by molar-refractivity contribution is 5.71. The maximum atomic E-state index is 12.9. The van der Waals surface area contributed by atoms with E-state index in [0.717, 1.165) is 83.5 Å². The van der Waals surface area contributed by atoms with Crippen molar-refractivity contribution in [2.45, 2.75) is 341 Å². The van der Waals surface area contributed by atoms with Gasteiger partial charge in [0.2, 0.25) is 0 Å². The summed E-state index contributed by atoms with van der Waals surface area (Å²) in [6.07, 6.45) is 79.5. The average molecular weight is 1040 g/mol. The van der Waals surface area contributed by atoms with E-state index < -0.39 is 6.10 Å². The summed E-state index contributed by atoms with van der Waals surface area (Å²) in [6.45, 7) is 6.57. The molecular formula is C68H122O6. The van der Waals surface area contributed by atoms with Crippen LogP contribution in [0.5, 0.6) is 0 Å². The molecule has 0 aromatic carbocycles. The summed E-state index contributed by atoms with van der Waals surface area (Å²) in [5.74, 6) is -0.877. The zero-order valence-corrected chi connectivity index (χ0v) is 49.4. The van der Waals surface area contributed by atoms with Crippen molar-refractivity contribution >= 4 is 17.9 Å². The van der Waals surface area contributed by atoms with Crippen molar-refractivity contribution in [3.63, 3.8) is 0 Å². The molecule has 6 nitrogen and oxygen atoms in total. The Kier molecular flexibility index (Phi) is 60.2. The first-order valence-electron chi connectivity index (χ1n) is 32.3. The van der Waals surface area contributed by atoms with Gasteiger partial charge in [0.25, 0.3) is 0 Å². The largest absolute Gasteiger partial charge is 0.462 e. The van der Waals surface area contributed by atoms with Crippen LogP contribution in [0.15, 0.2) is 60.8 Å². The highest BCUT2D eigenvalue weighted by Gasteiger charge is 2.19. The fourth-order valence-electron chi connectivity index (χ4n) is 9.33. The lowest BCUT2D eigenvalue weighted by atomic mass is 10.0. The zero-order chi connectivity index (χ0) is 53.6. The third-order valence-electron chi connectivity index (χ3n) is 14.2. The average Bonchev–Trinajstić information content (AvgIpc) is 3.40. The first kappa shape index (κ1) is 71.1. The molecule has 74 heavy (non-hydrogen) atoms. The van der Waals surface area contributed by atoms with Gasteiger partial charge in [-0.2, -0.15) is 0 Å². The summed E-state index contributed by atoms with van der Waals surface area (Å²) in [5.41, 5.74) is 0. The van der Waals surface area contributed by atoms with Crippen molar-refractivity contribution in [3.05, 3.63) is 60.8 Å². The molecule has 6 heteroatoms. The number of hydrogen-bond donors (Lipinski definition) is 0. The monoisotopic (exact) mass is 1030 g/mol. The maximum absolute atomic E-state index is 12.9. The van der Waals surface area contributed by atoms with E-state index in [0.29, 0.717) is 19.3 Å². The summed E-state index contributed by atoms with van der Waals surface area (Å²) in [7, 11) is 0. The Morgan fingerprint density at radius 1 is 0.270 bits per heavy atom. The van der Waals surface area contributed by atoms with Crippen LogP contribution >= 0.6 is 0 Å². The molecule has 0 radical (unpaired) electrons. The standard InChI is InChI=1S/C68H122O6/c1-4-7-10-13-16-19-22-24-26-28-30-31-32-33-34-35-36-37-39-40-42-44-46-49-52-55-58-61-67(70)73-64-65(63-72-66(69)60-57-54-51-48-21-18-15-12-9-6-3)74-68(71)62-59-56-53-50-47-45-43-41-38-29-27-25-23-20-17-14-11-8-5-2/h12,15,17,20,22,24-25,27-28,30,65H,4-11,13-14,16,18-19,21,23,26,29,31-64H2,1-3H3/b15-12-,20-17-,24-22-,27-25-,30-28-. The van der Waals surface area contributed by atoms with Crippen molar-refractivity contribution in [2.24, 2.45) is 0 Å². The number of ether oxygens (including phenoxy) is 3. The lowest BCUT2D eigenvalue weighted by molar-refractivity contribution is -0.167. The van der Waals surface area contributed by atoms with Crippen LogP contribution in [0.4, 0.5) is 0 Å². The van der Waals surface area contributed by atoms with Gasteiger partial charge in [0, 0.05) is 19.3 Å². The molecule has 0 fully saturated rings. The minimum atomic E-state index is -0.779. The van der Waals surface area contributed by atoms with E-state index in [-0.39, 0.29) is 31.1 Å². The van der Waals surface area contributed by atoms with Gasteiger partial charge in [-0.15, -0.1) is 0 Å². The highest BCUT2D eigenvalue weighted by atomic mass is 16.6. The van der Waals surface area contributed by atoms with Crippen molar-refractivity contribution in [1.29, 1.82) is 0 Å². The lowest BCUT2D eigenvalue weighted by Gasteiger charge is -2.18.